The minimum atomic E-state index is -0.976. The van der Waals surface area contributed by atoms with Crippen molar-refractivity contribution in [2.45, 2.75) is 31.8 Å². The number of nitrogens with one attached hydrogen (secondary N) is 3. The first-order valence-corrected chi connectivity index (χ1v) is 7.33. The highest BCUT2D eigenvalue weighted by Crippen LogP contribution is 1.99. The van der Waals surface area contributed by atoms with E-state index in [-0.39, 0.29) is 25.1 Å². The third-order valence-corrected chi connectivity index (χ3v) is 3.02. The third kappa shape index (κ3) is 9.34. The monoisotopic (exact) mass is 347 g/mol. The summed E-state index contributed by atoms with van der Waals surface area (Å²) in [6.45, 7) is 0.862. The zero-order valence-electron chi connectivity index (χ0n) is 12.6. The van der Waals surface area contributed by atoms with Gasteiger partial charge in [-0.2, -0.15) is 12.6 Å². The first kappa shape index (κ1) is 20.7. The highest BCUT2D eigenvalue weighted by Gasteiger charge is 2.22. The first-order valence-electron chi connectivity index (χ1n) is 6.70. The molecule has 0 fully saturated rings. The number of carbonyl (C=O) groups is 5. The van der Waals surface area contributed by atoms with Gasteiger partial charge in [0.25, 0.3) is 0 Å². The summed E-state index contributed by atoms with van der Waals surface area (Å²) < 4.78 is 0. The third-order valence-electron chi connectivity index (χ3n) is 2.65. The highest BCUT2D eigenvalue weighted by molar-refractivity contribution is 7.80. The Morgan fingerprint density at radius 1 is 1.04 bits per heavy atom. The van der Waals surface area contributed by atoms with Crippen LogP contribution in [-0.4, -0.2) is 53.9 Å². The van der Waals surface area contributed by atoms with Crippen molar-refractivity contribution in [3.8, 4) is 0 Å². The van der Waals surface area contributed by atoms with Gasteiger partial charge >= 0.3 is 0 Å². The van der Waals surface area contributed by atoms with E-state index in [9.17, 15) is 24.0 Å². The smallest absolute Gasteiger partial charge is 0.243 e. The van der Waals surface area contributed by atoms with Crippen molar-refractivity contribution in [3.63, 3.8) is 0 Å². The molecule has 2 atom stereocenters. The van der Waals surface area contributed by atoms with Gasteiger partial charge in [-0.25, -0.2) is 0 Å². The van der Waals surface area contributed by atoms with Crippen molar-refractivity contribution in [3.05, 3.63) is 0 Å². The van der Waals surface area contributed by atoms with Crippen LogP contribution in [0.5, 0.6) is 0 Å². The van der Waals surface area contributed by atoms with Gasteiger partial charge in [0.15, 0.2) is 0 Å². The van der Waals surface area contributed by atoms with Crippen LogP contribution in [0.4, 0.5) is 0 Å². The van der Waals surface area contributed by atoms with Crippen molar-refractivity contribution in [2.75, 3.05) is 12.3 Å². The Bertz CT molecular complexity index is 484. The second-order valence-corrected chi connectivity index (χ2v) is 5.05. The van der Waals surface area contributed by atoms with Gasteiger partial charge in [-0.1, -0.05) is 0 Å². The second kappa shape index (κ2) is 10.4. The molecule has 0 rings (SSSR count). The van der Waals surface area contributed by atoms with E-state index in [1.54, 1.807) is 0 Å². The van der Waals surface area contributed by atoms with E-state index in [1.807, 2.05) is 0 Å². The lowest BCUT2D eigenvalue weighted by molar-refractivity contribution is -0.130. The normalized spacial score (nSPS) is 12.6. The summed E-state index contributed by atoms with van der Waals surface area (Å²) in [6.07, 6.45) is -0.149. The molecule has 0 aliphatic rings. The van der Waals surface area contributed by atoms with E-state index in [1.165, 1.54) is 6.92 Å². The number of primary amides is 2. The molecule has 0 aliphatic heterocycles. The minimum Gasteiger partial charge on any atom is -0.368 e. The molecule has 130 valence electrons. The lowest BCUT2D eigenvalue weighted by atomic mass is 10.1. The number of thiol groups is 1. The fourth-order valence-electron chi connectivity index (χ4n) is 1.56. The fraction of sp³-hybridized carbons (Fsp3) is 0.583. The summed E-state index contributed by atoms with van der Waals surface area (Å²) in [5.74, 6) is -3.08. The maximum atomic E-state index is 11.8. The van der Waals surface area contributed by atoms with E-state index >= 15 is 0 Å². The van der Waals surface area contributed by atoms with Gasteiger partial charge in [-0.05, 0) is 6.42 Å². The predicted octanol–water partition coefficient (Wildman–Crippen LogP) is -3.23. The van der Waals surface area contributed by atoms with E-state index in [2.05, 4.69) is 28.6 Å². The van der Waals surface area contributed by atoms with Crippen molar-refractivity contribution < 1.29 is 24.0 Å². The van der Waals surface area contributed by atoms with Crippen LogP contribution in [0.2, 0.25) is 0 Å². The van der Waals surface area contributed by atoms with Crippen LogP contribution in [0.25, 0.3) is 0 Å². The molecular weight excluding hydrogens is 326 g/mol. The van der Waals surface area contributed by atoms with Gasteiger partial charge in [-0.15, -0.1) is 0 Å². The highest BCUT2D eigenvalue weighted by atomic mass is 32.1. The van der Waals surface area contributed by atoms with E-state index in [0.717, 1.165) is 0 Å². The molecule has 0 radical (unpaired) electrons. The molecule has 0 saturated heterocycles. The zero-order valence-corrected chi connectivity index (χ0v) is 13.5. The molecule has 0 aromatic rings. The van der Waals surface area contributed by atoms with Crippen LogP contribution in [0.3, 0.4) is 0 Å². The van der Waals surface area contributed by atoms with Crippen LogP contribution in [0, 0.1) is 0 Å². The summed E-state index contributed by atoms with van der Waals surface area (Å²) in [4.78, 5) is 56.1. The second-order valence-electron chi connectivity index (χ2n) is 4.68. The van der Waals surface area contributed by atoms with Crippen molar-refractivity contribution in [1.29, 1.82) is 0 Å². The van der Waals surface area contributed by atoms with Gasteiger partial charge in [0.1, 0.15) is 12.1 Å². The van der Waals surface area contributed by atoms with Crippen molar-refractivity contribution in [2.24, 2.45) is 11.5 Å². The van der Waals surface area contributed by atoms with Crippen molar-refractivity contribution in [1.82, 2.24) is 16.0 Å². The van der Waals surface area contributed by atoms with Gasteiger partial charge in [0.2, 0.25) is 29.5 Å². The first-order chi connectivity index (χ1) is 10.7. The Hall–Kier alpha value is -2.30. The quantitative estimate of drug-likeness (QED) is 0.228. The number of rotatable bonds is 10. The molecule has 7 N–H and O–H groups in total. The molecule has 10 nitrogen and oxygen atoms in total. The molecule has 0 spiro atoms. The molecule has 0 bridgehead atoms. The molecule has 0 aliphatic carbocycles. The fourth-order valence-corrected chi connectivity index (χ4v) is 1.82. The van der Waals surface area contributed by atoms with Crippen LogP contribution in [-0.2, 0) is 24.0 Å². The number of hydrogen-bond donors (Lipinski definition) is 6. The lowest BCUT2D eigenvalue weighted by Gasteiger charge is -2.17. The van der Waals surface area contributed by atoms with Crippen LogP contribution >= 0.6 is 12.6 Å². The van der Waals surface area contributed by atoms with Gasteiger partial charge in [0, 0.05) is 19.1 Å². The van der Waals surface area contributed by atoms with Crippen LogP contribution < -0.4 is 27.4 Å². The average Bonchev–Trinajstić information content (AvgIpc) is 2.45. The Morgan fingerprint density at radius 2 is 1.65 bits per heavy atom. The summed E-state index contributed by atoms with van der Waals surface area (Å²) >= 11 is 3.94. The molecule has 11 heteroatoms. The van der Waals surface area contributed by atoms with Gasteiger partial charge in [-0.3, -0.25) is 24.0 Å². The topological polar surface area (TPSA) is 173 Å². The molecule has 0 saturated carbocycles. The summed E-state index contributed by atoms with van der Waals surface area (Å²) in [6, 6.07) is -1.94. The molecule has 0 aromatic heterocycles. The molecule has 5 amide bonds. The summed E-state index contributed by atoms with van der Waals surface area (Å²) in [7, 11) is 0. The Morgan fingerprint density at radius 3 is 2.09 bits per heavy atom. The van der Waals surface area contributed by atoms with Crippen molar-refractivity contribution >= 4 is 42.2 Å². The number of nitrogens with two attached hydrogens (primary N) is 2. The SMILES string of the molecule is CC(=O)NC(CCC(=O)NC(CS)C(=O)NCC(N)=O)C(N)=O. The zero-order chi connectivity index (χ0) is 18.0. The molecule has 0 heterocycles. The maximum Gasteiger partial charge on any atom is 0.243 e. The number of amides is 5. The Labute approximate surface area is 138 Å². The summed E-state index contributed by atoms with van der Waals surface area (Å²) in [5.41, 5.74) is 10.0. The number of carbonyl (C=O) groups excluding carboxylic acids is 5. The standard InChI is InChI=1S/C12H21N5O5S/c1-6(18)16-7(11(14)21)2-3-10(20)17-8(5-23)12(22)15-4-9(13)19/h7-8,23H,2-5H2,1H3,(H2,13,19)(H2,14,21)(H,15,22)(H,16,18)(H,17,20). The predicted molar refractivity (Wildman–Crippen MR) is 84.0 cm³/mol. The van der Waals surface area contributed by atoms with Crippen LogP contribution in [0.1, 0.15) is 19.8 Å². The summed E-state index contributed by atoms with van der Waals surface area (Å²) in [5, 5.41) is 6.95. The van der Waals surface area contributed by atoms with E-state index < -0.39 is 41.6 Å². The largest absolute Gasteiger partial charge is 0.368 e. The minimum absolute atomic E-state index is 0.00127. The Balaban J connectivity index is 4.43. The molecule has 0 aromatic carbocycles. The lowest BCUT2D eigenvalue weighted by Crippen LogP contribution is -2.50. The van der Waals surface area contributed by atoms with E-state index in [4.69, 9.17) is 11.5 Å². The average molecular weight is 347 g/mol. The van der Waals surface area contributed by atoms with Gasteiger partial charge in [0.05, 0.1) is 6.54 Å². The molecule has 23 heavy (non-hydrogen) atoms. The van der Waals surface area contributed by atoms with Gasteiger partial charge < -0.3 is 27.4 Å². The maximum absolute atomic E-state index is 11.8. The molecule has 2 unspecified atom stereocenters. The number of hydrogen-bond acceptors (Lipinski definition) is 6. The van der Waals surface area contributed by atoms with E-state index in [0.29, 0.717) is 0 Å². The Kier molecular flexibility index (Phi) is 9.39. The van der Waals surface area contributed by atoms with Crippen LogP contribution in [0.15, 0.2) is 0 Å². The molecular formula is C12H21N5O5S.